The van der Waals surface area contributed by atoms with E-state index in [4.69, 9.17) is 9.47 Å². The van der Waals surface area contributed by atoms with Gasteiger partial charge >= 0.3 is 0 Å². The minimum atomic E-state index is -0.916. The zero-order chi connectivity index (χ0) is 22.5. The first-order chi connectivity index (χ1) is 15.5. The van der Waals surface area contributed by atoms with Crippen LogP contribution in [0.5, 0.6) is 0 Å². The quantitative estimate of drug-likeness (QED) is 0.336. The third-order valence-electron chi connectivity index (χ3n) is 5.43. The molecule has 0 radical (unpaired) electrons. The predicted octanol–water partition coefficient (Wildman–Crippen LogP) is 6.67. The fraction of sp³-hybridized carbons (Fsp3) is 0.259. The van der Waals surface area contributed by atoms with Gasteiger partial charge in [0.2, 0.25) is 0 Å². The van der Waals surface area contributed by atoms with Gasteiger partial charge in [0.15, 0.2) is 17.9 Å². The first kappa shape index (κ1) is 22.1. The van der Waals surface area contributed by atoms with E-state index in [1.165, 1.54) is 6.07 Å². The number of halogens is 3. The summed E-state index contributed by atoms with van der Waals surface area (Å²) in [4.78, 5) is 0. The molecule has 0 spiro atoms. The summed E-state index contributed by atoms with van der Waals surface area (Å²) < 4.78 is 53.0. The van der Waals surface area contributed by atoms with Crippen molar-refractivity contribution in [1.82, 2.24) is 0 Å². The fourth-order valence-corrected chi connectivity index (χ4v) is 3.64. The molecule has 1 aliphatic heterocycles. The number of hydrogen-bond donors (Lipinski definition) is 0. The molecule has 0 amide bonds. The average molecular weight is 436 g/mol. The minimum Gasteiger partial charge on any atom is -0.348 e. The maximum absolute atomic E-state index is 14.6. The van der Waals surface area contributed by atoms with Gasteiger partial charge in [-0.3, -0.25) is 0 Å². The van der Waals surface area contributed by atoms with Gasteiger partial charge in [-0.05, 0) is 66.9 Å². The SMILES string of the molecule is C/C=C/CCC1COC(c2ccc(C#Cc3ccc4cc(F)c(F)cc4c3)c(F)c2)OC1. The Balaban J connectivity index is 1.44. The van der Waals surface area contributed by atoms with Crippen LogP contribution in [0.3, 0.4) is 0 Å². The molecule has 0 aliphatic carbocycles. The van der Waals surface area contributed by atoms with Crippen molar-refractivity contribution >= 4 is 10.8 Å². The second-order valence-corrected chi connectivity index (χ2v) is 7.83. The van der Waals surface area contributed by atoms with Gasteiger partial charge in [-0.2, -0.15) is 0 Å². The lowest BCUT2D eigenvalue weighted by atomic mass is 10.0. The highest BCUT2D eigenvalue weighted by Gasteiger charge is 2.23. The van der Waals surface area contributed by atoms with E-state index in [9.17, 15) is 13.2 Å². The van der Waals surface area contributed by atoms with Gasteiger partial charge in [0.1, 0.15) is 5.82 Å². The Hall–Kier alpha value is -3.07. The van der Waals surface area contributed by atoms with Crippen molar-refractivity contribution in [2.24, 2.45) is 5.92 Å². The number of benzene rings is 3. The largest absolute Gasteiger partial charge is 0.348 e. The first-order valence-corrected chi connectivity index (χ1v) is 10.6. The second-order valence-electron chi connectivity index (χ2n) is 7.83. The summed E-state index contributed by atoms with van der Waals surface area (Å²) >= 11 is 0. The van der Waals surface area contributed by atoms with E-state index in [-0.39, 0.29) is 5.56 Å². The lowest BCUT2D eigenvalue weighted by Crippen LogP contribution is -2.27. The minimum absolute atomic E-state index is 0.235. The maximum atomic E-state index is 14.6. The van der Waals surface area contributed by atoms with E-state index >= 15 is 0 Å². The third-order valence-corrected chi connectivity index (χ3v) is 5.43. The summed E-state index contributed by atoms with van der Waals surface area (Å²) in [7, 11) is 0. The molecular formula is C27H23F3O2. The van der Waals surface area contributed by atoms with Crippen molar-refractivity contribution in [3.05, 3.63) is 94.8 Å². The lowest BCUT2D eigenvalue weighted by molar-refractivity contribution is -0.205. The molecule has 0 unspecified atom stereocenters. The molecular weight excluding hydrogens is 413 g/mol. The highest BCUT2D eigenvalue weighted by molar-refractivity contribution is 5.84. The molecule has 0 atom stereocenters. The molecule has 2 nitrogen and oxygen atoms in total. The van der Waals surface area contributed by atoms with Gasteiger partial charge < -0.3 is 9.47 Å². The van der Waals surface area contributed by atoms with Crippen molar-refractivity contribution in [2.45, 2.75) is 26.1 Å². The zero-order valence-electron chi connectivity index (χ0n) is 17.7. The smallest absolute Gasteiger partial charge is 0.183 e. The zero-order valence-corrected chi connectivity index (χ0v) is 17.7. The van der Waals surface area contributed by atoms with Crippen LogP contribution in [0.1, 0.15) is 42.7 Å². The van der Waals surface area contributed by atoms with Crippen LogP contribution in [0.15, 0.2) is 60.7 Å². The number of hydrogen-bond acceptors (Lipinski definition) is 2. The Bertz CT molecular complexity index is 1200. The Morgan fingerprint density at radius 2 is 1.62 bits per heavy atom. The van der Waals surface area contributed by atoms with Crippen LogP contribution in [0.2, 0.25) is 0 Å². The second kappa shape index (κ2) is 10.0. The molecule has 1 saturated heterocycles. The van der Waals surface area contributed by atoms with E-state index < -0.39 is 23.7 Å². The van der Waals surface area contributed by atoms with Crippen LogP contribution in [-0.4, -0.2) is 13.2 Å². The van der Waals surface area contributed by atoms with Crippen LogP contribution < -0.4 is 0 Å². The molecule has 5 heteroatoms. The summed E-state index contributed by atoms with van der Waals surface area (Å²) in [6, 6.07) is 12.0. The summed E-state index contributed by atoms with van der Waals surface area (Å²) in [6.07, 6.45) is 5.55. The molecule has 0 bridgehead atoms. The van der Waals surface area contributed by atoms with Gasteiger partial charge in [-0.25, -0.2) is 13.2 Å². The average Bonchev–Trinajstić information content (AvgIpc) is 2.80. The van der Waals surface area contributed by atoms with Crippen molar-refractivity contribution in [3.8, 4) is 11.8 Å². The van der Waals surface area contributed by atoms with Crippen LogP contribution in [-0.2, 0) is 9.47 Å². The molecule has 3 aromatic carbocycles. The number of allylic oxidation sites excluding steroid dienone is 2. The number of ether oxygens (including phenoxy) is 2. The summed E-state index contributed by atoms with van der Waals surface area (Å²) in [5, 5.41) is 1.10. The molecule has 0 saturated carbocycles. The monoisotopic (exact) mass is 436 g/mol. The molecule has 0 aromatic heterocycles. The van der Waals surface area contributed by atoms with Crippen molar-refractivity contribution in [3.63, 3.8) is 0 Å². The van der Waals surface area contributed by atoms with Gasteiger partial charge in [-0.1, -0.05) is 36.1 Å². The topological polar surface area (TPSA) is 18.5 Å². The molecule has 164 valence electrons. The number of fused-ring (bicyclic) bond motifs is 1. The summed E-state index contributed by atoms with van der Waals surface area (Å²) in [5.74, 6) is 3.75. The maximum Gasteiger partial charge on any atom is 0.183 e. The highest BCUT2D eigenvalue weighted by atomic mass is 19.2. The lowest BCUT2D eigenvalue weighted by Gasteiger charge is -2.29. The predicted molar refractivity (Wildman–Crippen MR) is 118 cm³/mol. The fourth-order valence-electron chi connectivity index (χ4n) is 3.64. The molecule has 32 heavy (non-hydrogen) atoms. The van der Waals surface area contributed by atoms with Gasteiger partial charge in [-0.15, -0.1) is 0 Å². The third kappa shape index (κ3) is 5.21. The van der Waals surface area contributed by atoms with E-state index in [0.717, 1.165) is 25.0 Å². The molecule has 4 rings (SSSR count). The van der Waals surface area contributed by atoms with Crippen molar-refractivity contribution in [1.29, 1.82) is 0 Å². The highest BCUT2D eigenvalue weighted by Crippen LogP contribution is 2.28. The molecule has 1 aliphatic rings. The van der Waals surface area contributed by atoms with E-state index in [0.29, 0.717) is 41.0 Å². The van der Waals surface area contributed by atoms with E-state index in [1.807, 2.05) is 13.0 Å². The Morgan fingerprint density at radius 3 is 2.34 bits per heavy atom. The Labute approximate surface area is 185 Å². The van der Waals surface area contributed by atoms with Gasteiger partial charge in [0.25, 0.3) is 0 Å². The Morgan fingerprint density at radius 1 is 0.875 bits per heavy atom. The van der Waals surface area contributed by atoms with Crippen LogP contribution in [0.25, 0.3) is 10.8 Å². The summed E-state index contributed by atoms with van der Waals surface area (Å²) in [5.41, 5.74) is 1.43. The Kier molecular flexibility index (Phi) is 6.94. The van der Waals surface area contributed by atoms with Gasteiger partial charge in [0, 0.05) is 17.0 Å². The number of rotatable bonds is 4. The standard InChI is InChI=1S/C27H23F3O2/c1-2-3-4-5-19-16-31-27(32-17-19)22-11-10-20(24(28)14-22)8-6-18-7-9-21-13-25(29)26(30)15-23(21)12-18/h2-3,7,9-15,19,27H,4-5,16-17H2,1H3/b3-2+. The molecule has 1 heterocycles. The van der Waals surface area contributed by atoms with E-state index in [2.05, 4.69) is 17.9 Å². The first-order valence-electron chi connectivity index (χ1n) is 10.6. The molecule has 1 fully saturated rings. The van der Waals surface area contributed by atoms with E-state index in [1.54, 1.807) is 30.3 Å². The van der Waals surface area contributed by atoms with Crippen LogP contribution in [0.4, 0.5) is 13.2 Å². The van der Waals surface area contributed by atoms with Crippen molar-refractivity contribution < 1.29 is 22.6 Å². The normalized spacial score (nSPS) is 18.6. The molecule has 3 aromatic rings. The van der Waals surface area contributed by atoms with Gasteiger partial charge in [0.05, 0.1) is 18.8 Å². The van der Waals surface area contributed by atoms with Crippen LogP contribution >= 0.6 is 0 Å². The van der Waals surface area contributed by atoms with Crippen molar-refractivity contribution in [2.75, 3.05) is 13.2 Å². The molecule has 0 N–H and O–H groups in total. The van der Waals surface area contributed by atoms with Crippen LogP contribution in [0, 0.1) is 35.2 Å². The summed E-state index contributed by atoms with van der Waals surface area (Å²) in [6.45, 7) is 3.16.